The lowest BCUT2D eigenvalue weighted by Crippen LogP contribution is -2.42. The second kappa shape index (κ2) is 7.41. The van der Waals surface area contributed by atoms with Crippen molar-refractivity contribution in [3.8, 4) is 0 Å². The van der Waals surface area contributed by atoms with Crippen LogP contribution in [0.1, 0.15) is 31.7 Å². The summed E-state index contributed by atoms with van der Waals surface area (Å²) in [6, 6.07) is 8.06. The van der Waals surface area contributed by atoms with E-state index in [0.29, 0.717) is 25.0 Å². The molecule has 0 bridgehead atoms. The predicted octanol–water partition coefficient (Wildman–Crippen LogP) is 2.55. The number of rotatable bonds is 5. The molecule has 110 valence electrons. The minimum Gasteiger partial charge on any atom is -0.380 e. The van der Waals surface area contributed by atoms with Crippen LogP contribution in [-0.4, -0.2) is 25.6 Å². The summed E-state index contributed by atoms with van der Waals surface area (Å²) in [5.41, 5.74) is 1.86. The van der Waals surface area contributed by atoms with Gasteiger partial charge in [0.1, 0.15) is 0 Å². The molecule has 0 aromatic heterocycles. The SMILES string of the molecule is COCc1ccccc1NC(=O)CC1NCCCC1C. The second-order valence-electron chi connectivity index (χ2n) is 5.52. The molecule has 2 atom stereocenters. The van der Waals surface area contributed by atoms with Crippen molar-refractivity contribution in [2.24, 2.45) is 5.92 Å². The zero-order valence-corrected chi connectivity index (χ0v) is 12.3. The Bertz CT molecular complexity index is 448. The van der Waals surface area contributed by atoms with Crippen LogP contribution in [0.25, 0.3) is 0 Å². The number of amides is 1. The Hall–Kier alpha value is -1.39. The Morgan fingerprint density at radius 1 is 1.45 bits per heavy atom. The molecule has 2 rings (SSSR count). The number of hydrogen-bond acceptors (Lipinski definition) is 3. The molecule has 1 fully saturated rings. The first kappa shape index (κ1) is 15.0. The second-order valence-corrected chi connectivity index (χ2v) is 5.52. The van der Waals surface area contributed by atoms with Gasteiger partial charge in [-0.05, 0) is 31.4 Å². The molecule has 1 aromatic carbocycles. The van der Waals surface area contributed by atoms with E-state index in [1.165, 1.54) is 12.8 Å². The van der Waals surface area contributed by atoms with E-state index < -0.39 is 0 Å². The summed E-state index contributed by atoms with van der Waals surface area (Å²) in [6.07, 6.45) is 2.93. The van der Waals surface area contributed by atoms with Gasteiger partial charge in [-0.25, -0.2) is 0 Å². The summed E-state index contributed by atoms with van der Waals surface area (Å²) < 4.78 is 5.15. The molecule has 20 heavy (non-hydrogen) atoms. The van der Waals surface area contributed by atoms with Crippen LogP contribution in [0.15, 0.2) is 24.3 Å². The first-order valence-corrected chi connectivity index (χ1v) is 7.30. The largest absolute Gasteiger partial charge is 0.380 e. The zero-order valence-electron chi connectivity index (χ0n) is 12.3. The molecular weight excluding hydrogens is 252 g/mol. The fraction of sp³-hybridized carbons (Fsp3) is 0.562. The minimum absolute atomic E-state index is 0.0693. The molecule has 4 nitrogen and oxygen atoms in total. The van der Waals surface area contributed by atoms with Crippen molar-refractivity contribution in [3.63, 3.8) is 0 Å². The standard InChI is InChI=1S/C16H24N2O2/c1-12-6-5-9-17-15(12)10-16(19)18-14-8-4-3-7-13(14)11-20-2/h3-4,7-8,12,15,17H,5-6,9-11H2,1-2H3,(H,18,19). The van der Waals surface area contributed by atoms with Crippen LogP contribution in [0.2, 0.25) is 0 Å². The highest BCUT2D eigenvalue weighted by Crippen LogP contribution is 2.20. The van der Waals surface area contributed by atoms with E-state index in [1.54, 1.807) is 7.11 Å². The number of carbonyl (C=O) groups excluding carboxylic acids is 1. The van der Waals surface area contributed by atoms with Gasteiger partial charge in [0.25, 0.3) is 0 Å². The number of nitrogens with one attached hydrogen (secondary N) is 2. The van der Waals surface area contributed by atoms with Crippen molar-refractivity contribution >= 4 is 11.6 Å². The third kappa shape index (κ3) is 4.05. The van der Waals surface area contributed by atoms with Crippen molar-refractivity contribution in [2.75, 3.05) is 19.0 Å². The molecule has 0 spiro atoms. The molecule has 1 aromatic rings. The van der Waals surface area contributed by atoms with Gasteiger partial charge in [-0.2, -0.15) is 0 Å². The molecule has 1 saturated heterocycles. The monoisotopic (exact) mass is 276 g/mol. The van der Waals surface area contributed by atoms with Gasteiger partial charge in [-0.15, -0.1) is 0 Å². The molecule has 0 saturated carbocycles. The first-order chi connectivity index (χ1) is 9.70. The number of hydrogen-bond donors (Lipinski definition) is 2. The Morgan fingerprint density at radius 3 is 3.00 bits per heavy atom. The summed E-state index contributed by atoms with van der Waals surface area (Å²) in [5, 5.41) is 6.44. The molecule has 0 aliphatic carbocycles. The van der Waals surface area contributed by atoms with E-state index in [-0.39, 0.29) is 5.91 Å². The highest BCUT2D eigenvalue weighted by molar-refractivity contribution is 5.91. The molecule has 0 radical (unpaired) electrons. The number of anilines is 1. The number of methoxy groups -OCH3 is 1. The van der Waals surface area contributed by atoms with Crippen molar-refractivity contribution in [3.05, 3.63) is 29.8 Å². The lowest BCUT2D eigenvalue weighted by atomic mass is 9.90. The maximum Gasteiger partial charge on any atom is 0.225 e. The van der Waals surface area contributed by atoms with E-state index in [9.17, 15) is 4.79 Å². The van der Waals surface area contributed by atoms with E-state index in [4.69, 9.17) is 4.74 Å². The van der Waals surface area contributed by atoms with Crippen LogP contribution in [0.3, 0.4) is 0 Å². The highest BCUT2D eigenvalue weighted by Gasteiger charge is 2.23. The average Bonchev–Trinajstić information content (AvgIpc) is 2.44. The topological polar surface area (TPSA) is 50.4 Å². The van der Waals surface area contributed by atoms with Gasteiger partial charge < -0.3 is 15.4 Å². The van der Waals surface area contributed by atoms with Crippen LogP contribution >= 0.6 is 0 Å². The first-order valence-electron chi connectivity index (χ1n) is 7.30. The van der Waals surface area contributed by atoms with Gasteiger partial charge in [-0.1, -0.05) is 25.1 Å². The average molecular weight is 276 g/mol. The van der Waals surface area contributed by atoms with Crippen molar-refractivity contribution < 1.29 is 9.53 Å². The van der Waals surface area contributed by atoms with Crippen molar-refractivity contribution in [1.29, 1.82) is 0 Å². The van der Waals surface area contributed by atoms with Crippen LogP contribution < -0.4 is 10.6 Å². The fourth-order valence-electron chi connectivity index (χ4n) is 2.71. The summed E-state index contributed by atoms with van der Waals surface area (Å²) in [5.74, 6) is 0.628. The Balaban J connectivity index is 1.94. The lowest BCUT2D eigenvalue weighted by Gasteiger charge is -2.29. The van der Waals surface area contributed by atoms with Gasteiger partial charge >= 0.3 is 0 Å². The molecule has 1 amide bonds. The molecule has 2 unspecified atom stereocenters. The van der Waals surface area contributed by atoms with Crippen LogP contribution in [0.5, 0.6) is 0 Å². The lowest BCUT2D eigenvalue weighted by molar-refractivity contribution is -0.117. The van der Waals surface area contributed by atoms with Crippen molar-refractivity contribution in [1.82, 2.24) is 5.32 Å². The van der Waals surface area contributed by atoms with Crippen LogP contribution in [-0.2, 0) is 16.1 Å². The minimum atomic E-state index is 0.0693. The summed E-state index contributed by atoms with van der Waals surface area (Å²) in [4.78, 5) is 12.2. The Kier molecular flexibility index (Phi) is 5.56. The number of piperidine rings is 1. The highest BCUT2D eigenvalue weighted by atomic mass is 16.5. The van der Waals surface area contributed by atoms with Gasteiger partial charge in [0.05, 0.1) is 6.61 Å². The third-order valence-corrected chi connectivity index (χ3v) is 3.93. The number of benzene rings is 1. The van der Waals surface area contributed by atoms with E-state index in [1.807, 2.05) is 24.3 Å². The van der Waals surface area contributed by atoms with Gasteiger partial charge in [0.15, 0.2) is 0 Å². The molecule has 1 heterocycles. The Morgan fingerprint density at radius 2 is 2.25 bits per heavy atom. The van der Waals surface area contributed by atoms with Gasteiger partial charge in [-0.3, -0.25) is 4.79 Å². The maximum atomic E-state index is 12.2. The fourth-order valence-corrected chi connectivity index (χ4v) is 2.71. The zero-order chi connectivity index (χ0) is 14.4. The number of para-hydroxylation sites is 1. The number of carbonyl (C=O) groups is 1. The van der Waals surface area contributed by atoms with E-state index in [0.717, 1.165) is 17.8 Å². The van der Waals surface area contributed by atoms with E-state index in [2.05, 4.69) is 17.6 Å². The predicted molar refractivity (Wildman–Crippen MR) is 80.6 cm³/mol. The normalized spacial score (nSPS) is 22.5. The van der Waals surface area contributed by atoms with Crippen molar-refractivity contribution in [2.45, 2.75) is 38.8 Å². The van der Waals surface area contributed by atoms with E-state index >= 15 is 0 Å². The molecule has 1 aliphatic heterocycles. The molecule has 2 N–H and O–H groups in total. The van der Waals surface area contributed by atoms with Gasteiger partial charge in [0.2, 0.25) is 5.91 Å². The smallest absolute Gasteiger partial charge is 0.225 e. The summed E-state index contributed by atoms with van der Waals surface area (Å²) in [6.45, 7) is 3.74. The molecular formula is C16H24N2O2. The van der Waals surface area contributed by atoms with Gasteiger partial charge in [0, 0.05) is 30.8 Å². The summed E-state index contributed by atoms with van der Waals surface area (Å²) in [7, 11) is 1.66. The number of ether oxygens (including phenoxy) is 1. The third-order valence-electron chi connectivity index (χ3n) is 3.93. The summed E-state index contributed by atoms with van der Waals surface area (Å²) >= 11 is 0. The molecule has 1 aliphatic rings. The van der Waals surface area contributed by atoms with Crippen LogP contribution in [0.4, 0.5) is 5.69 Å². The van der Waals surface area contributed by atoms with Crippen LogP contribution in [0, 0.1) is 5.92 Å². The Labute approximate surface area is 120 Å². The molecule has 4 heteroatoms. The quantitative estimate of drug-likeness (QED) is 0.869. The maximum absolute atomic E-state index is 12.2.